The second-order valence-corrected chi connectivity index (χ2v) is 6.53. The van der Waals surface area contributed by atoms with Gasteiger partial charge in [0, 0.05) is 24.4 Å². The largest absolute Gasteiger partial charge is 0.481 e. The second kappa shape index (κ2) is 7.45. The lowest BCUT2D eigenvalue weighted by Gasteiger charge is -2.32. The third kappa shape index (κ3) is 4.74. The summed E-state index contributed by atoms with van der Waals surface area (Å²) >= 11 is 1.64. The van der Waals surface area contributed by atoms with Crippen molar-refractivity contribution < 1.29 is 14.7 Å². The maximum absolute atomic E-state index is 12.2. The van der Waals surface area contributed by atoms with E-state index in [4.69, 9.17) is 5.11 Å². The number of amides is 2. The van der Waals surface area contributed by atoms with Crippen LogP contribution in [0.15, 0.2) is 17.5 Å². The number of thiophene rings is 1. The minimum absolute atomic E-state index is 0.0208. The Hall–Kier alpha value is -1.56. The highest BCUT2D eigenvalue weighted by Gasteiger charge is 2.24. The summed E-state index contributed by atoms with van der Waals surface area (Å²) in [7, 11) is 0. The number of piperidine rings is 1. The maximum Gasteiger partial charge on any atom is 0.317 e. The van der Waals surface area contributed by atoms with Crippen molar-refractivity contribution in [3.05, 3.63) is 22.4 Å². The number of nitrogens with zero attached hydrogens (tertiary/aromatic N) is 1. The summed E-state index contributed by atoms with van der Waals surface area (Å²) in [6.45, 7) is 3.42. The van der Waals surface area contributed by atoms with Crippen LogP contribution in [0.3, 0.4) is 0 Å². The van der Waals surface area contributed by atoms with E-state index in [2.05, 4.69) is 5.32 Å². The summed E-state index contributed by atoms with van der Waals surface area (Å²) in [5, 5.41) is 13.7. The highest BCUT2D eigenvalue weighted by molar-refractivity contribution is 7.10. The molecule has 0 saturated carbocycles. The molecule has 1 aliphatic rings. The first-order valence-corrected chi connectivity index (χ1v) is 8.25. The van der Waals surface area contributed by atoms with Crippen LogP contribution in [-0.2, 0) is 4.79 Å². The fraction of sp³-hybridized carbons (Fsp3) is 0.600. The minimum Gasteiger partial charge on any atom is -0.481 e. The fourth-order valence-corrected chi connectivity index (χ4v) is 3.37. The topological polar surface area (TPSA) is 69.6 Å². The lowest BCUT2D eigenvalue weighted by molar-refractivity contribution is -0.137. The normalized spacial score (nSPS) is 17.5. The van der Waals surface area contributed by atoms with E-state index in [1.807, 2.05) is 29.3 Å². The van der Waals surface area contributed by atoms with Gasteiger partial charge in [0.25, 0.3) is 0 Å². The van der Waals surface area contributed by atoms with Crippen LogP contribution in [0.2, 0.25) is 0 Å². The van der Waals surface area contributed by atoms with Gasteiger partial charge in [0.2, 0.25) is 0 Å². The minimum atomic E-state index is -0.736. The third-order valence-corrected chi connectivity index (χ3v) is 5.03. The zero-order valence-electron chi connectivity index (χ0n) is 12.2. The number of nitrogens with one attached hydrogen (secondary N) is 1. The van der Waals surface area contributed by atoms with E-state index >= 15 is 0 Å². The molecule has 5 nitrogen and oxygen atoms in total. The van der Waals surface area contributed by atoms with Crippen molar-refractivity contribution in [1.29, 1.82) is 0 Å². The number of urea groups is 1. The highest BCUT2D eigenvalue weighted by atomic mass is 32.1. The molecular formula is C15H22N2O3S. The van der Waals surface area contributed by atoms with E-state index in [0.717, 1.165) is 24.1 Å². The molecule has 2 heterocycles. The van der Waals surface area contributed by atoms with Crippen molar-refractivity contribution >= 4 is 23.3 Å². The van der Waals surface area contributed by atoms with E-state index < -0.39 is 5.97 Å². The van der Waals surface area contributed by atoms with Crippen LogP contribution in [0.25, 0.3) is 0 Å². The van der Waals surface area contributed by atoms with Crippen molar-refractivity contribution in [2.75, 3.05) is 13.1 Å². The molecule has 1 aliphatic heterocycles. The first kappa shape index (κ1) is 15.8. The van der Waals surface area contributed by atoms with Gasteiger partial charge in [-0.2, -0.15) is 0 Å². The van der Waals surface area contributed by atoms with Gasteiger partial charge in [0.05, 0.1) is 6.04 Å². The molecule has 1 saturated heterocycles. The van der Waals surface area contributed by atoms with Crippen LogP contribution in [0.1, 0.15) is 43.5 Å². The Bertz CT molecular complexity index is 467. The van der Waals surface area contributed by atoms with Gasteiger partial charge >= 0.3 is 12.0 Å². The zero-order valence-corrected chi connectivity index (χ0v) is 13.1. The van der Waals surface area contributed by atoms with Crippen molar-refractivity contribution in [3.8, 4) is 0 Å². The first-order valence-electron chi connectivity index (χ1n) is 7.37. The Morgan fingerprint density at radius 2 is 2.19 bits per heavy atom. The molecule has 2 rings (SSSR count). The van der Waals surface area contributed by atoms with E-state index in [-0.39, 0.29) is 18.5 Å². The first-order chi connectivity index (χ1) is 10.1. The molecule has 1 atom stereocenters. The van der Waals surface area contributed by atoms with Crippen molar-refractivity contribution in [3.63, 3.8) is 0 Å². The number of carbonyl (C=O) groups is 2. The molecule has 21 heavy (non-hydrogen) atoms. The molecule has 0 spiro atoms. The van der Waals surface area contributed by atoms with Crippen LogP contribution in [0, 0.1) is 5.92 Å². The quantitative estimate of drug-likeness (QED) is 0.878. The number of aliphatic carboxylic acids is 1. The molecule has 0 radical (unpaired) electrons. The molecule has 0 aliphatic carbocycles. The summed E-state index contributed by atoms with van der Waals surface area (Å²) in [4.78, 5) is 25.8. The van der Waals surface area contributed by atoms with Crippen LogP contribution in [0.4, 0.5) is 4.79 Å². The van der Waals surface area contributed by atoms with E-state index in [1.165, 1.54) is 0 Å². The van der Waals surface area contributed by atoms with Gasteiger partial charge in [-0.1, -0.05) is 6.07 Å². The van der Waals surface area contributed by atoms with Crippen LogP contribution in [-0.4, -0.2) is 35.1 Å². The number of carboxylic acid groups (broad SMARTS) is 1. The van der Waals surface area contributed by atoms with Gasteiger partial charge in [0.15, 0.2) is 0 Å². The maximum atomic E-state index is 12.2. The van der Waals surface area contributed by atoms with Crippen molar-refractivity contribution in [1.82, 2.24) is 10.2 Å². The van der Waals surface area contributed by atoms with Gasteiger partial charge in [-0.15, -0.1) is 11.3 Å². The molecule has 2 N–H and O–H groups in total. The zero-order chi connectivity index (χ0) is 15.2. The monoisotopic (exact) mass is 310 g/mol. The molecule has 1 unspecified atom stereocenters. The average molecular weight is 310 g/mol. The average Bonchev–Trinajstić information content (AvgIpc) is 3.00. The lowest BCUT2D eigenvalue weighted by atomic mass is 9.92. The Morgan fingerprint density at radius 1 is 1.48 bits per heavy atom. The van der Waals surface area contributed by atoms with Gasteiger partial charge < -0.3 is 15.3 Å². The van der Waals surface area contributed by atoms with Crippen molar-refractivity contribution in [2.24, 2.45) is 5.92 Å². The summed E-state index contributed by atoms with van der Waals surface area (Å²) < 4.78 is 0. The SMILES string of the molecule is CC(NC(=O)N1CCC(CCC(=O)O)CC1)c1cccs1. The standard InChI is InChI=1S/C15H22N2O3S/c1-11(13-3-2-10-21-13)16-15(20)17-8-6-12(7-9-17)4-5-14(18)19/h2-3,10-12H,4-9H2,1H3,(H,16,20)(H,18,19). The number of carboxylic acids is 1. The predicted octanol–water partition coefficient (Wildman–Crippen LogP) is 3.10. The second-order valence-electron chi connectivity index (χ2n) is 5.55. The van der Waals surface area contributed by atoms with Gasteiger partial charge in [-0.25, -0.2) is 4.79 Å². The van der Waals surface area contributed by atoms with E-state index in [0.29, 0.717) is 19.0 Å². The Kier molecular flexibility index (Phi) is 5.61. The summed E-state index contributed by atoms with van der Waals surface area (Å²) in [5.74, 6) is -0.306. The number of likely N-dealkylation sites (tertiary alicyclic amines) is 1. The number of hydrogen-bond acceptors (Lipinski definition) is 3. The Morgan fingerprint density at radius 3 is 2.76 bits per heavy atom. The fourth-order valence-electron chi connectivity index (χ4n) is 2.64. The molecule has 6 heteroatoms. The number of hydrogen-bond donors (Lipinski definition) is 2. The smallest absolute Gasteiger partial charge is 0.317 e. The molecule has 116 valence electrons. The molecule has 1 aromatic rings. The summed E-state index contributed by atoms with van der Waals surface area (Å²) in [6.07, 6.45) is 2.74. The number of carbonyl (C=O) groups excluding carboxylic acids is 1. The van der Waals surface area contributed by atoms with Gasteiger partial charge in [0.1, 0.15) is 0 Å². The van der Waals surface area contributed by atoms with Crippen molar-refractivity contribution in [2.45, 2.75) is 38.6 Å². The van der Waals surface area contributed by atoms with E-state index in [9.17, 15) is 9.59 Å². The molecule has 0 aromatic carbocycles. The van der Waals surface area contributed by atoms with Crippen LogP contribution in [0.5, 0.6) is 0 Å². The van der Waals surface area contributed by atoms with Gasteiger partial charge in [-0.05, 0) is 43.6 Å². The number of rotatable bonds is 5. The molecule has 1 fully saturated rings. The van der Waals surface area contributed by atoms with Crippen LogP contribution >= 0.6 is 11.3 Å². The molecule has 2 amide bonds. The molecular weight excluding hydrogens is 288 g/mol. The highest BCUT2D eigenvalue weighted by Crippen LogP contribution is 2.23. The predicted molar refractivity (Wildman–Crippen MR) is 82.4 cm³/mol. The van der Waals surface area contributed by atoms with E-state index in [1.54, 1.807) is 11.3 Å². The molecule has 1 aromatic heterocycles. The Balaban J connectivity index is 1.74. The third-order valence-electron chi connectivity index (χ3n) is 3.98. The van der Waals surface area contributed by atoms with Crippen LogP contribution < -0.4 is 5.32 Å². The summed E-state index contributed by atoms with van der Waals surface area (Å²) in [6, 6.07) is 4.01. The molecule has 0 bridgehead atoms. The lowest BCUT2D eigenvalue weighted by Crippen LogP contribution is -2.45. The summed E-state index contributed by atoms with van der Waals surface area (Å²) in [5.41, 5.74) is 0. The van der Waals surface area contributed by atoms with Gasteiger partial charge in [-0.3, -0.25) is 4.79 Å². The Labute approximate surface area is 129 Å².